The van der Waals surface area contributed by atoms with Crippen molar-refractivity contribution in [2.45, 2.75) is 6.17 Å². The Morgan fingerprint density at radius 3 is 2.90 bits per heavy atom. The Kier molecular flexibility index (Phi) is 3.31. The molecule has 0 fully saturated rings. The van der Waals surface area contributed by atoms with Gasteiger partial charge in [0.15, 0.2) is 0 Å². The number of methoxy groups -OCH3 is 1. The number of ether oxygens (including phenoxy) is 1. The number of fused-ring (bicyclic) bond motifs is 1. The van der Waals surface area contributed by atoms with Crippen LogP contribution in [0.2, 0.25) is 0 Å². The summed E-state index contributed by atoms with van der Waals surface area (Å²) >= 11 is 6.37. The predicted molar refractivity (Wildman–Crippen MR) is 78.9 cm³/mol. The highest BCUT2D eigenvalue weighted by Gasteiger charge is 2.35. The molecule has 0 saturated heterocycles. The van der Waals surface area contributed by atoms with Crippen LogP contribution in [0.5, 0.6) is 5.75 Å². The first-order valence-corrected chi connectivity index (χ1v) is 6.53. The number of benzene rings is 1. The number of pyridine rings is 1. The monoisotopic (exact) mass is 305 g/mol. The lowest BCUT2D eigenvalue weighted by atomic mass is 10.1. The Balaban J connectivity index is 2.11. The van der Waals surface area contributed by atoms with Gasteiger partial charge < -0.3 is 15.2 Å². The third-order valence-electron chi connectivity index (χ3n) is 3.31. The fourth-order valence-electron chi connectivity index (χ4n) is 2.35. The van der Waals surface area contributed by atoms with Crippen molar-refractivity contribution in [3.8, 4) is 5.75 Å². The van der Waals surface area contributed by atoms with Crippen LogP contribution < -0.4 is 14.5 Å². The number of halogens is 1. The quantitative estimate of drug-likeness (QED) is 0.849. The first-order chi connectivity index (χ1) is 10.1. The van der Waals surface area contributed by atoms with Crippen LogP contribution in [0, 0.1) is 0 Å². The molecule has 1 aromatic carbocycles. The zero-order chi connectivity index (χ0) is 15.0. The molecule has 3 rings (SSSR count). The van der Waals surface area contributed by atoms with Crippen LogP contribution in [-0.2, 0) is 0 Å². The van der Waals surface area contributed by atoms with Crippen LogP contribution in [-0.4, -0.2) is 23.2 Å². The Labute approximate surface area is 126 Å². The topological polar surface area (TPSA) is 74.7 Å². The van der Waals surface area contributed by atoms with Crippen LogP contribution in [0.15, 0.2) is 36.7 Å². The van der Waals surface area contributed by atoms with E-state index in [0.29, 0.717) is 17.1 Å². The van der Waals surface area contributed by atoms with Crippen molar-refractivity contribution in [2.75, 3.05) is 16.8 Å². The molecule has 108 valence electrons. The average molecular weight is 306 g/mol. The lowest BCUT2D eigenvalue weighted by molar-refractivity contribution is 0.0698. The Hall–Kier alpha value is -2.47. The molecule has 1 aliphatic rings. The molecule has 0 spiro atoms. The van der Waals surface area contributed by atoms with Gasteiger partial charge in [0, 0.05) is 29.7 Å². The van der Waals surface area contributed by atoms with E-state index in [4.69, 9.17) is 16.5 Å². The molecule has 1 atom stereocenters. The largest absolute Gasteiger partial charge is 0.494 e. The molecule has 2 N–H and O–H groups in total. The molecule has 7 heteroatoms. The summed E-state index contributed by atoms with van der Waals surface area (Å²) in [4.78, 5) is 15.4. The number of aromatic carboxylic acids is 1. The summed E-state index contributed by atoms with van der Waals surface area (Å²) in [5, 5.41) is 12.4. The van der Waals surface area contributed by atoms with Gasteiger partial charge in [-0.3, -0.25) is 9.40 Å². The van der Waals surface area contributed by atoms with Gasteiger partial charge in [0.1, 0.15) is 17.6 Å². The van der Waals surface area contributed by atoms with Gasteiger partial charge in [0.05, 0.1) is 18.4 Å². The van der Waals surface area contributed by atoms with E-state index in [9.17, 15) is 9.90 Å². The molecule has 0 amide bonds. The summed E-state index contributed by atoms with van der Waals surface area (Å²) < 4.78 is 6.70. The van der Waals surface area contributed by atoms with Crippen molar-refractivity contribution in [1.29, 1.82) is 0 Å². The second-order valence-corrected chi connectivity index (χ2v) is 4.85. The number of anilines is 2. The number of hydrogen-bond donors (Lipinski definition) is 2. The second-order valence-electron chi connectivity index (χ2n) is 4.49. The summed E-state index contributed by atoms with van der Waals surface area (Å²) in [6.45, 7) is 0. The normalized spacial score (nSPS) is 16.3. The maximum absolute atomic E-state index is 11.4. The maximum Gasteiger partial charge on any atom is 0.337 e. The number of nitrogens with one attached hydrogen (secondary N) is 1. The van der Waals surface area contributed by atoms with Gasteiger partial charge in [-0.05, 0) is 18.2 Å². The summed E-state index contributed by atoms with van der Waals surface area (Å²) in [7, 11) is 1.51. The smallest absolute Gasteiger partial charge is 0.337 e. The SMILES string of the molecule is COc1ccc(C(=O)O)c2c1N(Cl)C(c1cccnc1)N2. The van der Waals surface area contributed by atoms with E-state index in [1.807, 2.05) is 6.07 Å². The van der Waals surface area contributed by atoms with Gasteiger partial charge in [-0.25, -0.2) is 4.79 Å². The van der Waals surface area contributed by atoms with E-state index in [1.165, 1.54) is 17.6 Å². The molecule has 0 saturated carbocycles. The number of carbonyl (C=O) groups is 1. The van der Waals surface area contributed by atoms with Gasteiger partial charge in [-0.15, -0.1) is 0 Å². The highest BCUT2D eigenvalue weighted by atomic mass is 35.5. The fraction of sp³-hybridized carbons (Fsp3) is 0.143. The third-order valence-corrected chi connectivity index (χ3v) is 3.68. The first-order valence-electron chi connectivity index (χ1n) is 6.19. The van der Waals surface area contributed by atoms with E-state index >= 15 is 0 Å². The molecule has 2 heterocycles. The molecule has 0 bridgehead atoms. The van der Waals surface area contributed by atoms with Gasteiger partial charge in [0.2, 0.25) is 0 Å². The van der Waals surface area contributed by atoms with E-state index < -0.39 is 12.1 Å². The van der Waals surface area contributed by atoms with Gasteiger partial charge in [0.25, 0.3) is 0 Å². The van der Waals surface area contributed by atoms with E-state index in [2.05, 4.69) is 10.3 Å². The number of nitrogens with zero attached hydrogens (tertiary/aromatic N) is 2. The minimum absolute atomic E-state index is 0.142. The Bertz CT molecular complexity index is 693. The highest BCUT2D eigenvalue weighted by molar-refractivity contribution is 6.29. The fourth-order valence-corrected chi connectivity index (χ4v) is 2.68. The standard InChI is InChI=1S/C14H12ClN3O3/c1-21-10-5-4-9(14(19)20)11-12(10)18(15)13(17-11)8-3-2-6-16-7-8/h2-7,13,17H,1H3,(H,19,20). The van der Waals surface area contributed by atoms with Crippen LogP contribution in [0.25, 0.3) is 0 Å². The Morgan fingerprint density at radius 2 is 2.29 bits per heavy atom. The molecular weight excluding hydrogens is 294 g/mol. The van der Waals surface area contributed by atoms with Gasteiger partial charge >= 0.3 is 5.97 Å². The van der Waals surface area contributed by atoms with Crippen LogP contribution in [0.1, 0.15) is 22.1 Å². The van der Waals surface area contributed by atoms with Crippen LogP contribution >= 0.6 is 11.8 Å². The third kappa shape index (κ3) is 2.13. The molecule has 6 nitrogen and oxygen atoms in total. The zero-order valence-corrected chi connectivity index (χ0v) is 11.8. The minimum atomic E-state index is -1.03. The van der Waals surface area contributed by atoms with Crippen LogP contribution in [0.4, 0.5) is 11.4 Å². The van der Waals surface area contributed by atoms with E-state index in [-0.39, 0.29) is 5.56 Å². The first kappa shape index (κ1) is 13.5. The Morgan fingerprint density at radius 1 is 1.48 bits per heavy atom. The molecule has 2 aromatic rings. The van der Waals surface area contributed by atoms with Crippen molar-refractivity contribution in [3.05, 3.63) is 47.8 Å². The molecule has 1 aliphatic heterocycles. The summed E-state index contributed by atoms with van der Waals surface area (Å²) in [5.41, 5.74) is 1.91. The van der Waals surface area contributed by atoms with E-state index in [1.54, 1.807) is 24.5 Å². The number of carboxylic acids is 1. The van der Waals surface area contributed by atoms with Crippen molar-refractivity contribution in [3.63, 3.8) is 0 Å². The van der Waals surface area contributed by atoms with E-state index in [0.717, 1.165) is 5.56 Å². The molecule has 21 heavy (non-hydrogen) atoms. The second kappa shape index (κ2) is 5.14. The van der Waals surface area contributed by atoms with Crippen molar-refractivity contribution in [2.24, 2.45) is 0 Å². The minimum Gasteiger partial charge on any atom is -0.494 e. The molecule has 1 unspecified atom stereocenters. The van der Waals surface area contributed by atoms with Gasteiger partial charge in [-0.2, -0.15) is 0 Å². The van der Waals surface area contributed by atoms with Crippen molar-refractivity contribution in [1.82, 2.24) is 4.98 Å². The number of rotatable bonds is 3. The molecular formula is C14H12ClN3O3. The summed E-state index contributed by atoms with van der Waals surface area (Å²) in [5.74, 6) is -0.526. The molecule has 1 aromatic heterocycles. The highest BCUT2D eigenvalue weighted by Crippen LogP contribution is 2.49. The van der Waals surface area contributed by atoms with Crippen LogP contribution in [0.3, 0.4) is 0 Å². The molecule has 0 radical (unpaired) electrons. The number of aromatic nitrogens is 1. The predicted octanol–water partition coefficient (Wildman–Crippen LogP) is 2.87. The van der Waals surface area contributed by atoms with Crippen molar-refractivity contribution < 1.29 is 14.6 Å². The summed E-state index contributed by atoms with van der Waals surface area (Å²) in [6.07, 6.45) is 2.92. The van der Waals surface area contributed by atoms with Gasteiger partial charge in [-0.1, -0.05) is 6.07 Å². The maximum atomic E-state index is 11.4. The lowest BCUT2D eigenvalue weighted by Gasteiger charge is -2.19. The number of hydrogen-bond acceptors (Lipinski definition) is 5. The number of carboxylic acid groups (broad SMARTS) is 1. The lowest BCUT2D eigenvalue weighted by Crippen LogP contribution is -2.19. The molecule has 0 aliphatic carbocycles. The zero-order valence-electron chi connectivity index (χ0n) is 11.1. The average Bonchev–Trinajstić information content (AvgIpc) is 2.85. The van der Waals surface area contributed by atoms with Crippen molar-refractivity contribution >= 4 is 29.1 Å². The summed E-state index contributed by atoms with van der Waals surface area (Å²) in [6, 6.07) is 6.73.